The summed E-state index contributed by atoms with van der Waals surface area (Å²) in [6.45, 7) is 8.26. The van der Waals surface area contributed by atoms with Crippen molar-refractivity contribution in [3.05, 3.63) is 66.0 Å². The number of alkyl carbamates (subject to hydrolysis) is 1. The predicted molar refractivity (Wildman–Crippen MR) is 112 cm³/mol. The molecule has 0 fully saturated rings. The first-order chi connectivity index (χ1) is 13.9. The van der Waals surface area contributed by atoms with Crippen LogP contribution in [0.4, 0.5) is 4.79 Å². The zero-order chi connectivity index (χ0) is 21.2. The summed E-state index contributed by atoms with van der Waals surface area (Å²) in [6, 6.07) is 13.5. The standard InChI is InChI=1S/C23H31N3O3/c1-5-17(2)19(4)25-22(27)21-11-13-26(14-12-21)16-29-23(28)24-18(3)15-20-9-7-6-8-10-20/h6-14,17-19H,5,15-16H2,1-4H3,(H-,24,25,27,28)/p+1/t17-,18-,19+/m0/s1. The maximum atomic E-state index is 12.3. The van der Waals surface area contributed by atoms with E-state index in [4.69, 9.17) is 4.74 Å². The minimum atomic E-state index is -0.467. The molecular formula is C23H32N3O3+. The molecule has 1 aromatic heterocycles. The minimum absolute atomic E-state index is 0.0338. The van der Waals surface area contributed by atoms with Crippen LogP contribution >= 0.6 is 0 Å². The summed E-state index contributed by atoms with van der Waals surface area (Å²) < 4.78 is 6.96. The van der Waals surface area contributed by atoms with Gasteiger partial charge in [-0.05, 0) is 31.7 Å². The van der Waals surface area contributed by atoms with Crippen LogP contribution in [0, 0.1) is 5.92 Å². The molecule has 0 radical (unpaired) electrons. The lowest BCUT2D eigenvalue weighted by atomic mass is 10.0. The van der Waals surface area contributed by atoms with Crippen LogP contribution in [-0.2, 0) is 17.9 Å². The van der Waals surface area contributed by atoms with E-state index < -0.39 is 6.09 Å². The highest BCUT2D eigenvalue weighted by atomic mass is 16.6. The topological polar surface area (TPSA) is 71.3 Å². The van der Waals surface area contributed by atoms with Crippen LogP contribution < -0.4 is 15.2 Å². The molecule has 2 rings (SSSR count). The highest BCUT2D eigenvalue weighted by Gasteiger charge is 2.16. The first-order valence-corrected chi connectivity index (χ1v) is 10.2. The molecule has 0 saturated heterocycles. The molecule has 2 N–H and O–H groups in total. The van der Waals surface area contributed by atoms with Gasteiger partial charge in [0.2, 0.25) is 0 Å². The number of aromatic nitrogens is 1. The Bertz CT molecular complexity index is 778. The molecule has 0 spiro atoms. The van der Waals surface area contributed by atoms with Crippen LogP contribution in [0.5, 0.6) is 0 Å². The van der Waals surface area contributed by atoms with Crippen LogP contribution in [0.2, 0.25) is 0 Å². The fourth-order valence-corrected chi connectivity index (χ4v) is 2.88. The van der Waals surface area contributed by atoms with E-state index in [-0.39, 0.29) is 24.7 Å². The molecule has 29 heavy (non-hydrogen) atoms. The molecule has 0 unspecified atom stereocenters. The van der Waals surface area contributed by atoms with Crippen molar-refractivity contribution in [1.29, 1.82) is 0 Å². The number of amides is 2. The Morgan fingerprint density at radius 2 is 1.66 bits per heavy atom. The van der Waals surface area contributed by atoms with Gasteiger partial charge in [0.1, 0.15) is 0 Å². The summed E-state index contributed by atoms with van der Waals surface area (Å²) in [7, 11) is 0. The third-order valence-electron chi connectivity index (χ3n) is 5.10. The van der Waals surface area contributed by atoms with Crippen LogP contribution in [0.1, 0.15) is 50.0 Å². The highest BCUT2D eigenvalue weighted by Crippen LogP contribution is 2.08. The third kappa shape index (κ3) is 7.56. The highest BCUT2D eigenvalue weighted by molar-refractivity contribution is 5.94. The van der Waals surface area contributed by atoms with E-state index in [1.165, 1.54) is 0 Å². The van der Waals surface area contributed by atoms with E-state index in [1.807, 2.05) is 44.2 Å². The van der Waals surface area contributed by atoms with E-state index in [2.05, 4.69) is 24.5 Å². The zero-order valence-electron chi connectivity index (χ0n) is 17.7. The Hall–Kier alpha value is -2.89. The van der Waals surface area contributed by atoms with E-state index in [0.717, 1.165) is 18.4 Å². The Morgan fingerprint density at radius 3 is 2.28 bits per heavy atom. The van der Waals surface area contributed by atoms with Gasteiger partial charge in [0, 0.05) is 24.2 Å². The maximum Gasteiger partial charge on any atom is 0.412 e. The van der Waals surface area contributed by atoms with Gasteiger partial charge in [-0.15, -0.1) is 0 Å². The fourth-order valence-electron chi connectivity index (χ4n) is 2.88. The Balaban J connectivity index is 1.77. The molecule has 6 nitrogen and oxygen atoms in total. The van der Waals surface area contributed by atoms with Gasteiger partial charge >= 0.3 is 6.09 Å². The molecule has 0 aliphatic carbocycles. The van der Waals surface area contributed by atoms with Crippen LogP contribution in [-0.4, -0.2) is 24.1 Å². The average Bonchev–Trinajstić information content (AvgIpc) is 2.72. The summed E-state index contributed by atoms with van der Waals surface area (Å²) >= 11 is 0. The van der Waals surface area contributed by atoms with Crippen molar-refractivity contribution in [3.63, 3.8) is 0 Å². The molecule has 0 bridgehead atoms. The molecular weight excluding hydrogens is 366 g/mol. The van der Waals surface area contributed by atoms with Gasteiger partial charge in [0.05, 0.1) is 5.56 Å². The van der Waals surface area contributed by atoms with Gasteiger partial charge in [0.15, 0.2) is 12.4 Å². The molecule has 0 aliphatic rings. The van der Waals surface area contributed by atoms with E-state index >= 15 is 0 Å². The molecule has 1 aromatic carbocycles. The van der Waals surface area contributed by atoms with Crippen molar-refractivity contribution in [3.8, 4) is 0 Å². The van der Waals surface area contributed by atoms with Gasteiger partial charge in [-0.25, -0.2) is 4.79 Å². The molecule has 6 heteroatoms. The molecule has 0 aliphatic heterocycles. The molecule has 1 heterocycles. The number of benzene rings is 1. The van der Waals surface area contributed by atoms with Gasteiger partial charge in [-0.1, -0.05) is 50.6 Å². The smallest absolute Gasteiger partial charge is 0.388 e. The lowest BCUT2D eigenvalue weighted by Crippen LogP contribution is -2.41. The van der Waals surface area contributed by atoms with E-state index in [1.54, 1.807) is 29.1 Å². The lowest BCUT2D eigenvalue weighted by Gasteiger charge is -2.19. The van der Waals surface area contributed by atoms with Crippen LogP contribution in [0.3, 0.4) is 0 Å². The summed E-state index contributed by atoms with van der Waals surface area (Å²) in [5, 5.41) is 5.84. The maximum absolute atomic E-state index is 12.3. The van der Waals surface area contributed by atoms with Crippen LogP contribution in [0.25, 0.3) is 0 Å². The lowest BCUT2D eigenvalue weighted by molar-refractivity contribution is -0.727. The number of hydrogen-bond acceptors (Lipinski definition) is 3. The number of pyridine rings is 1. The number of carbonyl (C=O) groups is 2. The fraction of sp³-hybridized carbons (Fsp3) is 0.435. The molecule has 156 valence electrons. The third-order valence-corrected chi connectivity index (χ3v) is 5.10. The monoisotopic (exact) mass is 398 g/mol. The normalized spacial score (nSPS) is 13.8. The molecule has 0 saturated carbocycles. The van der Waals surface area contributed by atoms with Gasteiger partial charge in [0.25, 0.3) is 12.6 Å². The summed E-state index contributed by atoms with van der Waals surface area (Å²) in [5.41, 5.74) is 1.74. The summed E-state index contributed by atoms with van der Waals surface area (Å²) in [5.74, 6) is 0.321. The SMILES string of the molecule is CC[C@H](C)[C@@H](C)NC(=O)c1cc[n+](COC(=O)N[C@@H](C)Cc2ccccc2)cc1. The van der Waals surface area contributed by atoms with E-state index in [0.29, 0.717) is 11.5 Å². The largest absolute Gasteiger partial charge is 0.412 e. The summed E-state index contributed by atoms with van der Waals surface area (Å²) in [6.07, 6.45) is 4.74. The Morgan fingerprint density at radius 1 is 1.00 bits per heavy atom. The average molecular weight is 399 g/mol. The number of nitrogens with one attached hydrogen (secondary N) is 2. The van der Waals surface area contributed by atoms with Crippen molar-refractivity contribution in [2.24, 2.45) is 5.92 Å². The molecule has 2 aromatic rings. The van der Waals surface area contributed by atoms with Gasteiger partial charge in [-0.3, -0.25) is 4.79 Å². The number of ether oxygens (including phenoxy) is 1. The number of hydrogen-bond donors (Lipinski definition) is 2. The van der Waals surface area contributed by atoms with Crippen LogP contribution in [0.15, 0.2) is 54.9 Å². The second-order valence-electron chi connectivity index (χ2n) is 7.54. The quantitative estimate of drug-likeness (QED) is 0.636. The second-order valence-corrected chi connectivity index (χ2v) is 7.54. The Kier molecular flexibility index (Phi) is 8.65. The van der Waals surface area contributed by atoms with Gasteiger partial charge < -0.3 is 15.4 Å². The van der Waals surface area contributed by atoms with Crippen molar-refractivity contribution >= 4 is 12.0 Å². The Labute approximate surface area is 173 Å². The van der Waals surface area contributed by atoms with Gasteiger partial charge in [-0.2, -0.15) is 4.57 Å². The van der Waals surface area contributed by atoms with Crippen molar-refractivity contribution in [2.75, 3.05) is 0 Å². The first-order valence-electron chi connectivity index (χ1n) is 10.2. The van der Waals surface area contributed by atoms with E-state index in [9.17, 15) is 9.59 Å². The zero-order valence-corrected chi connectivity index (χ0v) is 17.7. The number of nitrogens with zero attached hydrogens (tertiary/aromatic N) is 1. The number of rotatable bonds is 9. The molecule has 3 atom stereocenters. The number of carbonyl (C=O) groups excluding carboxylic acids is 2. The van der Waals surface area contributed by atoms with Crippen molar-refractivity contribution < 1.29 is 18.9 Å². The molecule has 2 amide bonds. The van der Waals surface area contributed by atoms with Crippen molar-refractivity contribution in [2.45, 2.75) is 59.4 Å². The minimum Gasteiger partial charge on any atom is -0.388 e. The summed E-state index contributed by atoms with van der Waals surface area (Å²) in [4.78, 5) is 24.3. The van der Waals surface area contributed by atoms with Crippen molar-refractivity contribution in [1.82, 2.24) is 10.6 Å². The second kappa shape index (κ2) is 11.2. The predicted octanol–water partition coefficient (Wildman–Crippen LogP) is 3.45. The first kappa shape index (κ1) is 22.4.